The van der Waals surface area contributed by atoms with Crippen LogP contribution in [-0.4, -0.2) is 64.3 Å². The molecule has 3 N–H and O–H groups in total. The summed E-state index contributed by atoms with van der Waals surface area (Å²) in [6.07, 6.45) is 2.66. The van der Waals surface area contributed by atoms with Crippen LogP contribution in [0.4, 0.5) is 0 Å². The van der Waals surface area contributed by atoms with Gasteiger partial charge in [-0.25, -0.2) is 17.9 Å². The fourth-order valence-corrected chi connectivity index (χ4v) is 4.19. The lowest BCUT2D eigenvalue weighted by molar-refractivity contribution is -0.145. The SMILES string of the molecule is COC(=O)[C@@H]1CCCCOc2ccc(cc2)C[C@H](NS(C)(=O)=O)C(=O)N[C@@H](C(C)C)C(=O)N1. The fourth-order valence-electron chi connectivity index (χ4n) is 3.49. The molecule has 3 rings (SSSR count). The quantitative estimate of drug-likeness (QED) is 0.530. The van der Waals surface area contributed by atoms with E-state index in [0.29, 0.717) is 31.6 Å². The molecule has 0 unspecified atom stereocenters. The molecule has 1 aromatic carbocycles. The number of esters is 1. The number of benzene rings is 1. The number of carbonyl (C=O) groups excluding carboxylic acids is 3. The van der Waals surface area contributed by atoms with Gasteiger partial charge in [0.05, 0.1) is 20.0 Å². The van der Waals surface area contributed by atoms with Gasteiger partial charge in [-0.15, -0.1) is 0 Å². The Morgan fingerprint density at radius 3 is 2.36 bits per heavy atom. The van der Waals surface area contributed by atoms with Gasteiger partial charge < -0.3 is 20.1 Å². The summed E-state index contributed by atoms with van der Waals surface area (Å²) in [6.45, 7) is 3.92. The van der Waals surface area contributed by atoms with Crippen molar-refractivity contribution in [2.24, 2.45) is 5.92 Å². The number of hydrogen-bond acceptors (Lipinski definition) is 7. The van der Waals surface area contributed by atoms with E-state index >= 15 is 0 Å². The molecule has 0 radical (unpaired) electrons. The standard InChI is InChI=1S/C22H33N3O7S/c1-14(2)19-21(27)23-17(22(28)31-3)7-5-6-12-32-16-10-8-15(9-11-16)13-18(20(26)24-19)25-33(4,29)30/h8-11,14,17-19,25H,5-7,12-13H2,1-4H3,(H,23,27)(H,24,26)/t17-,18-,19-/m0/s1. The third kappa shape index (κ3) is 8.65. The van der Waals surface area contributed by atoms with Crippen LogP contribution >= 0.6 is 0 Å². The van der Waals surface area contributed by atoms with Crippen molar-refractivity contribution in [3.05, 3.63) is 29.8 Å². The molecule has 2 heterocycles. The topological polar surface area (TPSA) is 140 Å². The molecule has 11 heteroatoms. The Hall–Kier alpha value is -2.66. The molecule has 10 nitrogen and oxygen atoms in total. The maximum Gasteiger partial charge on any atom is 0.328 e. The number of rotatable bonds is 4. The highest BCUT2D eigenvalue weighted by Crippen LogP contribution is 2.16. The van der Waals surface area contributed by atoms with Crippen molar-refractivity contribution < 1.29 is 32.3 Å². The monoisotopic (exact) mass is 483 g/mol. The fraction of sp³-hybridized carbons (Fsp3) is 0.591. The van der Waals surface area contributed by atoms with Crippen LogP contribution in [0.15, 0.2) is 24.3 Å². The molecule has 184 valence electrons. The number of methoxy groups -OCH3 is 1. The van der Waals surface area contributed by atoms with E-state index in [2.05, 4.69) is 15.4 Å². The molecule has 2 aliphatic rings. The number of nitrogens with one attached hydrogen (secondary N) is 3. The molecular weight excluding hydrogens is 450 g/mol. The Balaban J connectivity index is 2.36. The van der Waals surface area contributed by atoms with Crippen molar-refractivity contribution in [2.45, 2.75) is 57.7 Å². The van der Waals surface area contributed by atoms with Crippen LogP contribution < -0.4 is 20.1 Å². The van der Waals surface area contributed by atoms with Gasteiger partial charge in [0.1, 0.15) is 23.9 Å². The van der Waals surface area contributed by atoms with Crippen molar-refractivity contribution in [1.29, 1.82) is 0 Å². The van der Waals surface area contributed by atoms with E-state index in [0.717, 1.165) is 11.8 Å². The first-order valence-corrected chi connectivity index (χ1v) is 12.8. The molecule has 0 fully saturated rings. The second-order valence-electron chi connectivity index (χ2n) is 8.45. The van der Waals surface area contributed by atoms with E-state index in [1.54, 1.807) is 38.1 Å². The number of hydrogen-bond donors (Lipinski definition) is 3. The number of carbonyl (C=O) groups is 3. The molecule has 0 saturated heterocycles. The maximum absolute atomic E-state index is 13.0. The maximum atomic E-state index is 13.0. The van der Waals surface area contributed by atoms with Crippen LogP contribution in [-0.2, 0) is 35.6 Å². The van der Waals surface area contributed by atoms with Crippen molar-refractivity contribution >= 4 is 27.8 Å². The summed E-state index contributed by atoms with van der Waals surface area (Å²) in [6, 6.07) is 4.04. The molecule has 33 heavy (non-hydrogen) atoms. The van der Waals surface area contributed by atoms with Crippen LogP contribution in [0.1, 0.15) is 38.7 Å². The Bertz CT molecular complexity index is 932. The van der Waals surface area contributed by atoms with Crippen LogP contribution in [0.5, 0.6) is 5.75 Å². The average Bonchev–Trinajstić information content (AvgIpc) is 2.74. The largest absolute Gasteiger partial charge is 0.494 e. The molecule has 1 aromatic rings. The minimum absolute atomic E-state index is 0.0798. The van der Waals surface area contributed by atoms with E-state index in [4.69, 9.17) is 9.47 Å². The second-order valence-corrected chi connectivity index (χ2v) is 10.2. The van der Waals surface area contributed by atoms with E-state index < -0.39 is 45.9 Å². The van der Waals surface area contributed by atoms with Gasteiger partial charge in [0.25, 0.3) is 0 Å². The zero-order chi connectivity index (χ0) is 24.6. The summed E-state index contributed by atoms with van der Waals surface area (Å²) in [7, 11) is -2.47. The van der Waals surface area contributed by atoms with Crippen LogP contribution in [0, 0.1) is 5.92 Å². The number of ether oxygens (including phenoxy) is 2. The summed E-state index contributed by atoms with van der Waals surface area (Å²) in [5.41, 5.74) is 0.722. The van der Waals surface area contributed by atoms with Gasteiger partial charge in [-0.05, 0) is 49.3 Å². The van der Waals surface area contributed by atoms with Crippen molar-refractivity contribution in [1.82, 2.24) is 15.4 Å². The summed E-state index contributed by atoms with van der Waals surface area (Å²) >= 11 is 0. The summed E-state index contributed by atoms with van der Waals surface area (Å²) in [4.78, 5) is 38.2. The average molecular weight is 484 g/mol. The first-order valence-electron chi connectivity index (χ1n) is 10.9. The van der Waals surface area contributed by atoms with Gasteiger partial charge in [0.15, 0.2) is 0 Å². The highest BCUT2D eigenvalue weighted by atomic mass is 32.2. The van der Waals surface area contributed by atoms with Crippen LogP contribution in [0.3, 0.4) is 0 Å². The lowest BCUT2D eigenvalue weighted by Crippen LogP contribution is -2.57. The minimum Gasteiger partial charge on any atom is -0.494 e. The molecular formula is C22H33N3O7S. The summed E-state index contributed by atoms with van der Waals surface area (Å²) in [5, 5.41) is 5.31. The highest BCUT2D eigenvalue weighted by molar-refractivity contribution is 7.88. The molecule has 0 aromatic heterocycles. The smallest absolute Gasteiger partial charge is 0.328 e. The van der Waals surface area contributed by atoms with E-state index in [1.807, 2.05) is 0 Å². The third-order valence-electron chi connectivity index (χ3n) is 5.24. The number of amides is 2. The molecule has 0 saturated carbocycles. The first kappa shape index (κ1) is 26.6. The van der Waals surface area contributed by atoms with E-state index in [1.165, 1.54) is 7.11 Å². The first-order chi connectivity index (χ1) is 15.5. The zero-order valence-corrected chi connectivity index (χ0v) is 20.2. The van der Waals surface area contributed by atoms with E-state index in [9.17, 15) is 22.8 Å². The summed E-state index contributed by atoms with van der Waals surface area (Å²) < 4.78 is 36.6. The van der Waals surface area contributed by atoms with Crippen molar-refractivity contribution in [3.63, 3.8) is 0 Å². The second kappa shape index (κ2) is 12.0. The Labute approximate surface area is 194 Å². The predicted molar refractivity (Wildman–Crippen MR) is 122 cm³/mol. The van der Waals surface area contributed by atoms with E-state index in [-0.39, 0.29) is 12.3 Å². The van der Waals surface area contributed by atoms with Gasteiger partial charge in [-0.3, -0.25) is 9.59 Å². The predicted octanol–water partition coefficient (Wildman–Crippen LogP) is 0.508. The minimum atomic E-state index is -3.71. The normalized spacial score (nSPS) is 23.2. The molecule has 3 atom stereocenters. The van der Waals surface area contributed by atoms with Crippen LogP contribution in [0.25, 0.3) is 0 Å². The number of sulfonamides is 1. The van der Waals surface area contributed by atoms with Gasteiger partial charge in [-0.1, -0.05) is 26.0 Å². The van der Waals surface area contributed by atoms with Crippen molar-refractivity contribution in [3.8, 4) is 5.75 Å². The molecule has 2 aliphatic heterocycles. The lowest BCUT2D eigenvalue weighted by Gasteiger charge is -2.26. The van der Waals surface area contributed by atoms with Crippen molar-refractivity contribution in [2.75, 3.05) is 20.0 Å². The zero-order valence-electron chi connectivity index (χ0n) is 19.4. The Morgan fingerprint density at radius 2 is 1.79 bits per heavy atom. The van der Waals surface area contributed by atoms with Gasteiger partial charge in [0, 0.05) is 0 Å². The highest BCUT2D eigenvalue weighted by Gasteiger charge is 2.32. The molecule has 0 spiro atoms. The Morgan fingerprint density at radius 1 is 1.12 bits per heavy atom. The van der Waals surface area contributed by atoms with Gasteiger partial charge in [0.2, 0.25) is 21.8 Å². The molecule has 0 aliphatic carbocycles. The molecule has 2 bridgehead atoms. The van der Waals surface area contributed by atoms with Crippen LogP contribution in [0.2, 0.25) is 0 Å². The number of fused-ring (bicyclic) bond motifs is 14. The Kier molecular flexibility index (Phi) is 9.66. The third-order valence-corrected chi connectivity index (χ3v) is 5.95. The van der Waals surface area contributed by atoms with Gasteiger partial charge in [-0.2, -0.15) is 0 Å². The lowest BCUT2D eigenvalue weighted by atomic mass is 10.0. The summed E-state index contributed by atoms with van der Waals surface area (Å²) in [5.74, 6) is -1.45. The van der Waals surface area contributed by atoms with Gasteiger partial charge >= 0.3 is 5.97 Å². The molecule has 2 amide bonds.